The first-order valence-electron chi connectivity index (χ1n) is 15.2. The van der Waals surface area contributed by atoms with Gasteiger partial charge in [0.15, 0.2) is 28.4 Å². The van der Waals surface area contributed by atoms with Crippen LogP contribution in [0.2, 0.25) is 0 Å². The van der Waals surface area contributed by atoms with Crippen LogP contribution < -0.4 is 29.6 Å². The summed E-state index contributed by atoms with van der Waals surface area (Å²) in [5.74, 6) is 0.550. The number of benzene rings is 2. The second kappa shape index (κ2) is 14.0. The number of hydrogen-bond acceptors (Lipinski definition) is 14. The number of nitrogens with one attached hydrogen (secondary N) is 2. The Morgan fingerprint density at radius 3 is 1.86 bits per heavy atom. The van der Waals surface area contributed by atoms with Crippen molar-refractivity contribution in [1.82, 2.24) is 9.80 Å². The first-order chi connectivity index (χ1) is 23.4. The first kappa shape index (κ1) is 34.7. The van der Waals surface area contributed by atoms with Gasteiger partial charge in [-0.3, -0.25) is 14.1 Å². The predicted molar refractivity (Wildman–Crippen MR) is 178 cm³/mol. The zero-order valence-corrected chi connectivity index (χ0v) is 28.3. The van der Waals surface area contributed by atoms with E-state index in [2.05, 4.69) is 28.8 Å². The number of ether oxygens (including phenoxy) is 4. The quantitative estimate of drug-likeness (QED) is 0.0620. The van der Waals surface area contributed by atoms with E-state index < -0.39 is 32.8 Å². The minimum absolute atomic E-state index is 0.140. The molecule has 4 aliphatic rings. The molecule has 2 amide bonds. The van der Waals surface area contributed by atoms with Gasteiger partial charge in [-0.2, -0.15) is 8.42 Å². The maximum Gasteiger partial charge on any atom is 0.288 e. The molecule has 16 nitrogen and oxygen atoms in total. The Balaban J connectivity index is 1.15. The summed E-state index contributed by atoms with van der Waals surface area (Å²) in [5.41, 5.74) is 2.74. The van der Waals surface area contributed by atoms with Gasteiger partial charge in [0.25, 0.3) is 21.9 Å². The largest absolute Gasteiger partial charge is 0.493 e. The number of rotatable bonds is 12. The number of fused-ring (bicyclic) bond motifs is 4. The summed E-state index contributed by atoms with van der Waals surface area (Å²) in [6, 6.07) is 5.05. The van der Waals surface area contributed by atoms with Crippen molar-refractivity contribution >= 4 is 45.4 Å². The number of methoxy groups -OCH3 is 2. The third-order valence-electron chi connectivity index (χ3n) is 8.77. The Labute approximate surface area is 286 Å². The SMILES string of the molecule is C=C1C[C@H]2[C@H](S(=O)(=O)O)Nc3cc(OCCCOc4cc5c(cc4OC)C(=O)N4CC(=C)C[C@H]4[C@H](SOOO)N5)c(OC)cc3C(=O)N2C1. The monoisotopic (exact) mass is 720 g/mol. The van der Waals surface area contributed by atoms with Crippen LogP contribution in [0.3, 0.4) is 0 Å². The van der Waals surface area contributed by atoms with Crippen LogP contribution in [-0.2, 0) is 19.5 Å². The van der Waals surface area contributed by atoms with Crippen molar-refractivity contribution in [3.05, 3.63) is 59.7 Å². The highest BCUT2D eigenvalue weighted by atomic mass is 32.2. The molecule has 0 aromatic heterocycles. The molecule has 49 heavy (non-hydrogen) atoms. The number of amides is 2. The molecule has 0 radical (unpaired) electrons. The van der Waals surface area contributed by atoms with Crippen molar-refractivity contribution < 1.29 is 56.1 Å². The van der Waals surface area contributed by atoms with Crippen molar-refractivity contribution in [2.24, 2.45) is 0 Å². The van der Waals surface area contributed by atoms with Crippen LogP contribution in [0.15, 0.2) is 48.6 Å². The lowest BCUT2D eigenvalue weighted by Gasteiger charge is -2.26. The fraction of sp³-hybridized carbons (Fsp3) is 0.419. The van der Waals surface area contributed by atoms with Crippen molar-refractivity contribution in [3.8, 4) is 23.0 Å². The molecule has 18 heteroatoms. The number of anilines is 2. The number of hydrogen-bond donors (Lipinski definition) is 4. The van der Waals surface area contributed by atoms with Crippen molar-refractivity contribution in [2.45, 2.75) is 42.1 Å². The van der Waals surface area contributed by atoms with Gasteiger partial charge in [0.1, 0.15) is 5.37 Å². The molecule has 0 aliphatic carbocycles. The van der Waals surface area contributed by atoms with E-state index in [0.29, 0.717) is 47.7 Å². The Morgan fingerprint density at radius 1 is 0.837 bits per heavy atom. The van der Waals surface area contributed by atoms with Crippen molar-refractivity contribution in [3.63, 3.8) is 0 Å². The van der Waals surface area contributed by atoms with Gasteiger partial charge >= 0.3 is 0 Å². The molecule has 4 atom stereocenters. The highest BCUT2D eigenvalue weighted by Gasteiger charge is 2.46. The molecule has 6 rings (SSSR count). The second-order valence-corrected chi connectivity index (χ2v) is 14.3. The van der Waals surface area contributed by atoms with E-state index >= 15 is 0 Å². The summed E-state index contributed by atoms with van der Waals surface area (Å²) >= 11 is 0.823. The summed E-state index contributed by atoms with van der Waals surface area (Å²) in [4.78, 5) is 30.0. The average molecular weight is 721 g/mol. The van der Waals surface area contributed by atoms with E-state index in [4.69, 9.17) is 28.5 Å². The van der Waals surface area contributed by atoms with Gasteiger partial charge in [-0.1, -0.05) is 29.3 Å². The van der Waals surface area contributed by atoms with Gasteiger partial charge in [-0.05, 0) is 25.0 Å². The maximum atomic E-state index is 13.5. The second-order valence-electron chi connectivity index (χ2n) is 11.9. The van der Waals surface area contributed by atoms with E-state index in [1.54, 1.807) is 17.0 Å². The van der Waals surface area contributed by atoms with E-state index in [-0.39, 0.29) is 60.9 Å². The Hall–Kier alpha value is -4.20. The summed E-state index contributed by atoms with van der Waals surface area (Å²) in [5, 5.41) is 16.7. The third-order valence-corrected chi connectivity index (χ3v) is 10.6. The average Bonchev–Trinajstić information content (AvgIpc) is 3.60. The van der Waals surface area contributed by atoms with Gasteiger partial charge in [0.05, 0.1) is 74.1 Å². The van der Waals surface area contributed by atoms with E-state index in [9.17, 15) is 22.6 Å². The van der Waals surface area contributed by atoms with Crippen LogP contribution in [0, 0.1) is 0 Å². The lowest BCUT2D eigenvalue weighted by Crippen LogP contribution is -2.47. The third kappa shape index (κ3) is 6.84. The fourth-order valence-corrected chi connectivity index (χ4v) is 8.14. The molecule has 0 spiro atoms. The minimum Gasteiger partial charge on any atom is -0.493 e. The highest BCUT2D eigenvalue weighted by molar-refractivity contribution is 7.95. The Kier molecular flexibility index (Phi) is 9.88. The molecule has 2 aromatic carbocycles. The smallest absolute Gasteiger partial charge is 0.288 e. The highest BCUT2D eigenvalue weighted by Crippen LogP contribution is 2.42. The number of nitrogens with zero attached hydrogens (tertiary/aromatic N) is 2. The topological polar surface area (TPSA) is 195 Å². The summed E-state index contributed by atoms with van der Waals surface area (Å²) in [6.07, 6.45) is 1.14. The van der Waals surface area contributed by atoms with Crippen LogP contribution in [0.1, 0.15) is 40.0 Å². The Morgan fingerprint density at radius 2 is 1.35 bits per heavy atom. The van der Waals surface area contributed by atoms with Crippen LogP contribution in [0.25, 0.3) is 0 Å². The van der Waals surface area contributed by atoms with Gasteiger partial charge in [-0.15, -0.1) is 4.33 Å². The van der Waals surface area contributed by atoms with Crippen molar-refractivity contribution in [1.29, 1.82) is 0 Å². The molecular weight excluding hydrogens is 684 g/mol. The molecule has 4 N–H and O–H groups in total. The predicted octanol–water partition coefficient (Wildman–Crippen LogP) is 3.55. The summed E-state index contributed by atoms with van der Waals surface area (Å²) in [7, 11) is -1.71. The molecule has 2 fully saturated rings. The maximum absolute atomic E-state index is 13.5. The van der Waals surface area contributed by atoms with Crippen LogP contribution in [0.4, 0.5) is 11.4 Å². The number of carbonyl (C=O) groups is 2. The molecule has 0 saturated carbocycles. The van der Waals surface area contributed by atoms with Crippen LogP contribution >= 0.6 is 12.0 Å². The zero-order valence-electron chi connectivity index (χ0n) is 26.7. The molecule has 4 aliphatic heterocycles. The zero-order chi connectivity index (χ0) is 35.0. The van der Waals surface area contributed by atoms with Gasteiger partial charge in [-0.25, -0.2) is 5.26 Å². The van der Waals surface area contributed by atoms with Crippen LogP contribution in [0.5, 0.6) is 23.0 Å². The van der Waals surface area contributed by atoms with E-state index in [1.807, 2.05) is 0 Å². The summed E-state index contributed by atoms with van der Waals surface area (Å²) in [6.45, 7) is 8.77. The van der Waals surface area contributed by atoms with Crippen LogP contribution in [-0.4, -0.2) is 103 Å². The lowest BCUT2D eigenvalue weighted by atomic mass is 10.1. The lowest BCUT2D eigenvalue weighted by molar-refractivity contribution is -0.432. The minimum atomic E-state index is -4.60. The normalized spacial score (nSPS) is 23.0. The number of carbonyl (C=O) groups excluding carboxylic acids is 2. The molecule has 0 bridgehead atoms. The molecule has 0 unspecified atom stereocenters. The molecule has 2 saturated heterocycles. The molecule has 4 heterocycles. The molecular formula is C31H36N4O12S2. The van der Waals surface area contributed by atoms with E-state index in [0.717, 1.165) is 17.6 Å². The first-order valence-corrected chi connectivity index (χ1v) is 17.5. The van der Waals surface area contributed by atoms with Gasteiger partial charge < -0.3 is 39.4 Å². The molecule has 2 aromatic rings. The molecule has 264 valence electrons. The van der Waals surface area contributed by atoms with Gasteiger partial charge in [0.2, 0.25) is 0 Å². The summed E-state index contributed by atoms with van der Waals surface area (Å²) < 4.78 is 62.5. The van der Waals surface area contributed by atoms with Crippen molar-refractivity contribution in [2.75, 3.05) is 51.2 Å². The van der Waals surface area contributed by atoms with E-state index in [1.165, 1.54) is 31.3 Å². The van der Waals surface area contributed by atoms with Gasteiger partial charge in [0, 0.05) is 31.6 Å². The Bertz CT molecular complexity index is 1790. The fourth-order valence-electron chi connectivity index (χ4n) is 6.55. The standard InChI is InChI=1S/C31H36N4O12S2/c1-16-8-22-28(48-47-46-38)32-20-12-26(24(42-3)10-18(20)30(36)34(22)14-16)44-6-5-7-45-27-13-21-19(11-25(27)43-4)31(37)35-15-17(2)9-23(35)29(33-21)49(39,40)41/h10-13,22-23,28-29,32-33,38H,1-2,5-9,14-15H2,3-4H3,(H,39,40,41)/t22-,23-,28-,29-/m0/s1.